The van der Waals surface area contributed by atoms with Gasteiger partial charge >= 0.3 is 0 Å². The van der Waals surface area contributed by atoms with E-state index in [1.807, 2.05) is 4.90 Å². The first kappa shape index (κ1) is 17.1. The highest BCUT2D eigenvalue weighted by molar-refractivity contribution is 5.96. The van der Waals surface area contributed by atoms with E-state index in [-0.39, 0.29) is 18.3 Å². The van der Waals surface area contributed by atoms with Crippen molar-refractivity contribution in [3.8, 4) is 5.88 Å². The zero-order valence-corrected chi connectivity index (χ0v) is 14.3. The monoisotopic (exact) mass is 343 g/mol. The standard InChI is InChI=1S/C17H21N5O3/c1-21(15(23)13-5-3-7-18-14(13)25-2)11-17(24)6-10-22(12-17)16-19-8-4-9-20-16/h3-5,7-9,24H,6,10-12H2,1-2H3/t17-/m1/s1. The number of likely N-dealkylation sites (N-methyl/N-ethyl adjacent to an activating group) is 1. The third-order valence-corrected chi connectivity index (χ3v) is 4.24. The largest absolute Gasteiger partial charge is 0.480 e. The Bertz CT molecular complexity index is 742. The lowest BCUT2D eigenvalue weighted by Crippen LogP contribution is -2.46. The average Bonchev–Trinajstić information content (AvgIpc) is 3.03. The van der Waals surface area contributed by atoms with E-state index in [0.717, 1.165) is 0 Å². The van der Waals surface area contributed by atoms with E-state index in [4.69, 9.17) is 4.74 Å². The Kier molecular flexibility index (Phi) is 4.80. The molecule has 0 spiro atoms. The number of hydrogen-bond acceptors (Lipinski definition) is 7. The number of pyridine rings is 1. The number of β-amino-alcohol motifs (C(OH)–C–C–N with tert-alkyl or cyclic N) is 1. The summed E-state index contributed by atoms with van der Waals surface area (Å²) in [5.74, 6) is 0.617. The molecule has 1 fully saturated rings. The second-order valence-electron chi connectivity index (χ2n) is 6.17. The Morgan fingerprint density at radius 2 is 2.04 bits per heavy atom. The van der Waals surface area contributed by atoms with Crippen LogP contribution in [0.3, 0.4) is 0 Å². The molecule has 0 aliphatic carbocycles. The van der Waals surface area contributed by atoms with Crippen LogP contribution in [0.5, 0.6) is 5.88 Å². The maximum atomic E-state index is 12.7. The van der Waals surface area contributed by atoms with Crippen molar-refractivity contribution in [1.82, 2.24) is 19.9 Å². The lowest BCUT2D eigenvalue weighted by molar-refractivity contribution is 0.0262. The van der Waals surface area contributed by atoms with Gasteiger partial charge in [-0.25, -0.2) is 15.0 Å². The van der Waals surface area contributed by atoms with Crippen molar-refractivity contribution in [2.45, 2.75) is 12.0 Å². The number of anilines is 1. The van der Waals surface area contributed by atoms with E-state index in [1.54, 1.807) is 43.8 Å². The van der Waals surface area contributed by atoms with Crippen LogP contribution in [0.25, 0.3) is 0 Å². The molecule has 8 nitrogen and oxygen atoms in total. The van der Waals surface area contributed by atoms with Gasteiger partial charge in [-0.2, -0.15) is 0 Å². The van der Waals surface area contributed by atoms with E-state index in [9.17, 15) is 9.90 Å². The molecule has 1 aliphatic heterocycles. The summed E-state index contributed by atoms with van der Waals surface area (Å²) in [6.07, 6.45) is 5.44. The van der Waals surface area contributed by atoms with Gasteiger partial charge in [-0.05, 0) is 24.6 Å². The van der Waals surface area contributed by atoms with Gasteiger partial charge < -0.3 is 19.6 Å². The minimum Gasteiger partial charge on any atom is -0.480 e. The first-order chi connectivity index (χ1) is 12.0. The summed E-state index contributed by atoms with van der Waals surface area (Å²) < 4.78 is 5.14. The summed E-state index contributed by atoms with van der Waals surface area (Å²) in [5.41, 5.74) is -0.642. The number of rotatable bonds is 5. The van der Waals surface area contributed by atoms with E-state index in [0.29, 0.717) is 31.0 Å². The van der Waals surface area contributed by atoms with Crippen LogP contribution >= 0.6 is 0 Å². The highest BCUT2D eigenvalue weighted by atomic mass is 16.5. The number of methoxy groups -OCH3 is 1. The van der Waals surface area contributed by atoms with Crippen LogP contribution in [0.15, 0.2) is 36.8 Å². The molecular formula is C17H21N5O3. The summed E-state index contributed by atoms with van der Waals surface area (Å²) in [6, 6.07) is 5.09. The fourth-order valence-electron chi connectivity index (χ4n) is 3.05. The van der Waals surface area contributed by atoms with Gasteiger partial charge in [-0.15, -0.1) is 0 Å². The summed E-state index contributed by atoms with van der Waals surface area (Å²) in [7, 11) is 3.13. The fraction of sp³-hybridized carbons (Fsp3) is 0.412. The molecule has 1 atom stereocenters. The van der Waals surface area contributed by atoms with E-state index >= 15 is 0 Å². The van der Waals surface area contributed by atoms with Crippen LogP contribution in [-0.4, -0.2) is 70.3 Å². The Labute approximate surface area is 146 Å². The zero-order valence-electron chi connectivity index (χ0n) is 14.3. The van der Waals surface area contributed by atoms with Gasteiger partial charge in [0.15, 0.2) is 0 Å². The normalized spacial score (nSPS) is 19.7. The Balaban J connectivity index is 1.68. The molecule has 0 unspecified atom stereocenters. The van der Waals surface area contributed by atoms with E-state index in [1.165, 1.54) is 12.0 Å². The fourth-order valence-corrected chi connectivity index (χ4v) is 3.05. The predicted octanol–water partition coefficient (Wildman–Crippen LogP) is 0.594. The highest BCUT2D eigenvalue weighted by Gasteiger charge is 2.39. The molecule has 1 saturated heterocycles. The van der Waals surface area contributed by atoms with Gasteiger partial charge in [0.25, 0.3) is 5.91 Å². The number of aliphatic hydroxyl groups is 1. The molecule has 1 aliphatic rings. The van der Waals surface area contributed by atoms with Crippen LogP contribution in [0.1, 0.15) is 16.8 Å². The summed E-state index contributed by atoms with van der Waals surface area (Å²) >= 11 is 0. The molecule has 3 rings (SSSR count). The first-order valence-electron chi connectivity index (χ1n) is 8.01. The molecule has 132 valence electrons. The van der Waals surface area contributed by atoms with Crippen molar-refractivity contribution in [2.75, 3.05) is 38.7 Å². The van der Waals surface area contributed by atoms with Crippen LogP contribution < -0.4 is 9.64 Å². The third-order valence-electron chi connectivity index (χ3n) is 4.24. The molecule has 3 heterocycles. The second-order valence-corrected chi connectivity index (χ2v) is 6.17. The van der Waals surface area contributed by atoms with Crippen LogP contribution in [0.4, 0.5) is 5.95 Å². The molecule has 2 aromatic rings. The van der Waals surface area contributed by atoms with Crippen LogP contribution in [0.2, 0.25) is 0 Å². The minimum absolute atomic E-state index is 0.202. The lowest BCUT2D eigenvalue weighted by Gasteiger charge is -2.29. The van der Waals surface area contributed by atoms with Crippen molar-refractivity contribution in [3.05, 3.63) is 42.4 Å². The SMILES string of the molecule is COc1ncccc1C(=O)N(C)C[C@]1(O)CCN(c2ncccn2)C1. The lowest BCUT2D eigenvalue weighted by atomic mass is 10.0. The highest BCUT2D eigenvalue weighted by Crippen LogP contribution is 2.26. The number of carbonyl (C=O) groups excluding carboxylic acids is 1. The molecule has 0 aromatic carbocycles. The molecule has 1 N–H and O–H groups in total. The smallest absolute Gasteiger partial charge is 0.259 e. The third kappa shape index (κ3) is 3.69. The quantitative estimate of drug-likeness (QED) is 0.849. The zero-order chi connectivity index (χ0) is 17.9. The number of nitrogens with zero attached hydrogens (tertiary/aromatic N) is 5. The topological polar surface area (TPSA) is 91.7 Å². The predicted molar refractivity (Wildman–Crippen MR) is 91.6 cm³/mol. The Morgan fingerprint density at radius 1 is 1.32 bits per heavy atom. The molecule has 0 saturated carbocycles. The molecule has 8 heteroatoms. The first-order valence-corrected chi connectivity index (χ1v) is 8.01. The summed E-state index contributed by atoms with van der Waals surface area (Å²) in [6.45, 7) is 1.21. The number of carbonyl (C=O) groups is 1. The van der Waals surface area contributed by atoms with Crippen molar-refractivity contribution >= 4 is 11.9 Å². The van der Waals surface area contributed by atoms with Gasteiger partial charge in [-0.1, -0.05) is 0 Å². The molecule has 0 radical (unpaired) electrons. The molecule has 2 aromatic heterocycles. The van der Waals surface area contributed by atoms with Crippen molar-refractivity contribution in [1.29, 1.82) is 0 Å². The molecule has 1 amide bonds. The maximum absolute atomic E-state index is 12.7. The van der Waals surface area contributed by atoms with Crippen LogP contribution in [0, 0.1) is 0 Å². The number of aromatic nitrogens is 3. The molecule has 25 heavy (non-hydrogen) atoms. The van der Waals surface area contributed by atoms with Crippen molar-refractivity contribution < 1.29 is 14.6 Å². The summed E-state index contributed by atoms with van der Waals surface area (Å²) in [5, 5.41) is 10.9. The second kappa shape index (κ2) is 7.02. The van der Waals surface area contributed by atoms with Gasteiger partial charge in [0, 0.05) is 32.2 Å². The minimum atomic E-state index is -1.01. The van der Waals surface area contributed by atoms with E-state index < -0.39 is 5.60 Å². The number of amides is 1. The van der Waals surface area contributed by atoms with Gasteiger partial charge in [0.1, 0.15) is 11.2 Å². The molecular weight excluding hydrogens is 322 g/mol. The summed E-state index contributed by atoms with van der Waals surface area (Å²) in [4.78, 5) is 28.5. The maximum Gasteiger partial charge on any atom is 0.259 e. The average molecular weight is 343 g/mol. The van der Waals surface area contributed by atoms with Crippen molar-refractivity contribution in [2.24, 2.45) is 0 Å². The number of ether oxygens (including phenoxy) is 1. The van der Waals surface area contributed by atoms with E-state index in [2.05, 4.69) is 15.0 Å². The van der Waals surface area contributed by atoms with Crippen LogP contribution in [-0.2, 0) is 0 Å². The van der Waals surface area contributed by atoms with Gasteiger partial charge in [-0.3, -0.25) is 4.79 Å². The Hall–Kier alpha value is -2.74. The van der Waals surface area contributed by atoms with Gasteiger partial charge in [0.2, 0.25) is 11.8 Å². The number of hydrogen-bond donors (Lipinski definition) is 1. The van der Waals surface area contributed by atoms with Gasteiger partial charge in [0.05, 0.1) is 20.2 Å². The Morgan fingerprint density at radius 3 is 2.76 bits per heavy atom. The van der Waals surface area contributed by atoms with Crippen molar-refractivity contribution in [3.63, 3.8) is 0 Å². The molecule has 0 bridgehead atoms.